The molecule has 2 rings (SSSR count). The van der Waals surface area contributed by atoms with Crippen molar-refractivity contribution in [3.63, 3.8) is 0 Å². The van der Waals surface area contributed by atoms with Crippen LogP contribution in [0.1, 0.15) is 11.4 Å². The fourth-order valence-electron chi connectivity index (χ4n) is 1.43. The fourth-order valence-corrected chi connectivity index (χ4v) is 2.19. The summed E-state index contributed by atoms with van der Waals surface area (Å²) in [5.41, 5.74) is 10.0. The lowest BCUT2D eigenvalue weighted by molar-refractivity contribution is 0.974. The zero-order valence-corrected chi connectivity index (χ0v) is 10.7. The van der Waals surface area contributed by atoms with E-state index in [1.165, 1.54) is 0 Å². The van der Waals surface area contributed by atoms with Gasteiger partial charge in [-0.1, -0.05) is 12.2 Å². The molecular formula is C11H12N4S2. The lowest BCUT2D eigenvalue weighted by atomic mass is 10.2. The van der Waals surface area contributed by atoms with Gasteiger partial charge in [0.25, 0.3) is 0 Å². The highest BCUT2D eigenvalue weighted by atomic mass is 32.1. The van der Waals surface area contributed by atoms with Crippen LogP contribution in [0.3, 0.4) is 0 Å². The number of hydrogen-bond donors (Lipinski definition) is 2. The van der Waals surface area contributed by atoms with Crippen LogP contribution in [-0.2, 0) is 6.42 Å². The Bertz CT molecular complexity index is 496. The number of aromatic nitrogens is 2. The molecule has 0 bridgehead atoms. The number of rotatable bonds is 5. The van der Waals surface area contributed by atoms with E-state index in [0.717, 1.165) is 24.3 Å². The van der Waals surface area contributed by atoms with Crippen LogP contribution < -0.4 is 11.1 Å². The van der Waals surface area contributed by atoms with Gasteiger partial charge >= 0.3 is 0 Å². The standard InChI is InChI=1S/C11H12N4S2/c12-11(16)10-9(2-1-4-14-10)13-5-3-8-6-17-7-15-8/h1-2,4,6-7,13H,3,5H2,(H2,12,16). The number of nitrogens with one attached hydrogen (secondary N) is 1. The van der Waals surface area contributed by atoms with Crippen molar-refractivity contribution in [2.75, 3.05) is 11.9 Å². The molecule has 2 aromatic rings. The highest BCUT2D eigenvalue weighted by Gasteiger charge is 2.05. The lowest BCUT2D eigenvalue weighted by Gasteiger charge is -2.09. The molecule has 0 fully saturated rings. The molecule has 0 aliphatic carbocycles. The van der Waals surface area contributed by atoms with Crippen LogP contribution >= 0.6 is 23.6 Å². The number of nitrogens with zero attached hydrogens (tertiary/aromatic N) is 2. The molecule has 0 unspecified atom stereocenters. The Morgan fingerprint density at radius 3 is 3.06 bits per heavy atom. The summed E-state index contributed by atoms with van der Waals surface area (Å²) in [5, 5.41) is 5.31. The van der Waals surface area contributed by atoms with E-state index < -0.39 is 0 Å². The summed E-state index contributed by atoms with van der Waals surface area (Å²) in [7, 11) is 0. The second-order valence-corrected chi connectivity index (χ2v) is 4.58. The van der Waals surface area contributed by atoms with E-state index in [-0.39, 0.29) is 0 Å². The Morgan fingerprint density at radius 1 is 1.47 bits per heavy atom. The monoisotopic (exact) mass is 264 g/mol. The minimum atomic E-state index is 0.307. The van der Waals surface area contributed by atoms with Gasteiger partial charge in [-0.3, -0.25) is 4.98 Å². The van der Waals surface area contributed by atoms with Gasteiger partial charge in [-0.15, -0.1) is 11.3 Å². The molecular weight excluding hydrogens is 252 g/mol. The summed E-state index contributed by atoms with van der Waals surface area (Å²) in [6.45, 7) is 0.783. The number of pyridine rings is 1. The van der Waals surface area contributed by atoms with Gasteiger partial charge in [0, 0.05) is 24.5 Å². The van der Waals surface area contributed by atoms with E-state index in [1.807, 2.05) is 23.0 Å². The van der Waals surface area contributed by atoms with Crippen molar-refractivity contribution in [3.8, 4) is 0 Å². The van der Waals surface area contributed by atoms with Gasteiger partial charge < -0.3 is 11.1 Å². The Morgan fingerprint density at radius 2 is 2.35 bits per heavy atom. The SMILES string of the molecule is NC(=S)c1ncccc1NCCc1cscn1. The Hall–Kier alpha value is -1.53. The molecule has 2 aromatic heterocycles. The molecule has 0 radical (unpaired) electrons. The molecule has 88 valence electrons. The Labute approximate surface area is 109 Å². The molecule has 0 aliphatic heterocycles. The molecule has 0 amide bonds. The number of thiazole rings is 1. The smallest absolute Gasteiger partial charge is 0.124 e. The van der Waals surface area contributed by atoms with Gasteiger partial charge in [0.1, 0.15) is 10.7 Å². The zero-order valence-electron chi connectivity index (χ0n) is 9.09. The molecule has 17 heavy (non-hydrogen) atoms. The predicted molar refractivity (Wildman–Crippen MR) is 74.4 cm³/mol. The molecule has 0 spiro atoms. The number of thiocarbonyl (C=S) groups is 1. The second-order valence-electron chi connectivity index (χ2n) is 3.42. The number of nitrogens with two attached hydrogens (primary N) is 1. The summed E-state index contributed by atoms with van der Waals surface area (Å²) < 4.78 is 0. The van der Waals surface area contributed by atoms with Crippen molar-refractivity contribution in [2.24, 2.45) is 5.73 Å². The fraction of sp³-hybridized carbons (Fsp3) is 0.182. The van der Waals surface area contributed by atoms with E-state index in [0.29, 0.717) is 10.7 Å². The van der Waals surface area contributed by atoms with Crippen molar-refractivity contribution >= 4 is 34.2 Å². The van der Waals surface area contributed by atoms with Crippen molar-refractivity contribution < 1.29 is 0 Å². The predicted octanol–water partition coefficient (Wildman–Crippen LogP) is 1.83. The van der Waals surface area contributed by atoms with Gasteiger partial charge in [-0.05, 0) is 12.1 Å². The molecule has 0 atom stereocenters. The average molecular weight is 264 g/mol. The van der Waals surface area contributed by atoms with Gasteiger partial charge in [0.15, 0.2) is 0 Å². The lowest BCUT2D eigenvalue weighted by Crippen LogP contribution is -2.16. The normalized spacial score (nSPS) is 10.1. The molecule has 3 N–H and O–H groups in total. The topological polar surface area (TPSA) is 63.8 Å². The highest BCUT2D eigenvalue weighted by molar-refractivity contribution is 7.80. The van der Waals surface area contributed by atoms with Crippen LogP contribution in [0.4, 0.5) is 5.69 Å². The van der Waals surface area contributed by atoms with E-state index in [2.05, 4.69) is 15.3 Å². The molecule has 0 aromatic carbocycles. The summed E-state index contributed by atoms with van der Waals surface area (Å²) in [4.78, 5) is 8.68. The van der Waals surface area contributed by atoms with Crippen LogP contribution in [0.2, 0.25) is 0 Å². The van der Waals surface area contributed by atoms with Crippen LogP contribution in [0.25, 0.3) is 0 Å². The minimum absolute atomic E-state index is 0.307. The third kappa shape index (κ3) is 3.21. The van der Waals surface area contributed by atoms with E-state index in [1.54, 1.807) is 17.5 Å². The van der Waals surface area contributed by atoms with E-state index >= 15 is 0 Å². The first-order valence-corrected chi connectivity index (χ1v) is 6.48. The Kier molecular flexibility index (Phi) is 4.00. The zero-order chi connectivity index (χ0) is 12.1. The van der Waals surface area contributed by atoms with Crippen molar-refractivity contribution in [1.29, 1.82) is 0 Å². The average Bonchev–Trinajstić information content (AvgIpc) is 2.82. The minimum Gasteiger partial charge on any atom is -0.388 e. The number of hydrogen-bond acceptors (Lipinski definition) is 5. The maximum atomic E-state index is 5.60. The van der Waals surface area contributed by atoms with Gasteiger partial charge in [0.05, 0.1) is 16.9 Å². The van der Waals surface area contributed by atoms with Crippen LogP contribution in [0.15, 0.2) is 29.2 Å². The van der Waals surface area contributed by atoms with E-state index in [9.17, 15) is 0 Å². The second kappa shape index (κ2) is 5.70. The molecule has 0 aliphatic rings. The van der Waals surface area contributed by atoms with Crippen LogP contribution in [0.5, 0.6) is 0 Å². The summed E-state index contributed by atoms with van der Waals surface area (Å²) >= 11 is 6.55. The number of anilines is 1. The summed E-state index contributed by atoms with van der Waals surface area (Å²) in [6.07, 6.45) is 2.55. The molecule has 0 saturated heterocycles. The maximum absolute atomic E-state index is 5.60. The quantitative estimate of drug-likeness (QED) is 0.807. The van der Waals surface area contributed by atoms with Gasteiger partial charge in [0.2, 0.25) is 0 Å². The molecule has 0 saturated carbocycles. The first-order valence-electron chi connectivity index (χ1n) is 5.13. The third-order valence-corrected chi connectivity index (χ3v) is 3.05. The van der Waals surface area contributed by atoms with Crippen LogP contribution in [-0.4, -0.2) is 21.5 Å². The molecule has 2 heterocycles. The summed E-state index contributed by atoms with van der Waals surface area (Å²) in [5.74, 6) is 0. The largest absolute Gasteiger partial charge is 0.388 e. The van der Waals surface area contributed by atoms with Crippen molar-refractivity contribution in [2.45, 2.75) is 6.42 Å². The van der Waals surface area contributed by atoms with Gasteiger partial charge in [-0.2, -0.15) is 0 Å². The van der Waals surface area contributed by atoms with Crippen molar-refractivity contribution in [3.05, 3.63) is 40.6 Å². The third-order valence-electron chi connectivity index (χ3n) is 2.22. The first-order chi connectivity index (χ1) is 8.27. The molecule has 4 nitrogen and oxygen atoms in total. The highest BCUT2D eigenvalue weighted by Crippen LogP contribution is 2.12. The first kappa shape index (κ1) is 11.9. The van der Waals surface area contributed by atoms with Crippen molar-refractivity contribution in [1.82, 2.24) is 9.97 Å². The molecule has 6 heteroatoms. The van der Waals surface area contributed by atoms with Crippen LogP contribution in [0, 0.1) is 0 Å². The Balaban J connectivity index is 1.97. The maximum Gasteiger partial charge on any atom is 0.124 e. The van der Waals surface area contributed by atoms with E-state index in [4.69, 9.17) is 18.0 Å². The summed E-state index contributed by atoms with van der Waals surface area (Å²) in [6, 6.07) is 3.77. The van der Waals surface area contributed by atoms with Gasteiger partial charge in [-0.25, -0.2) is 4.98 Å².